The van der Waals surface area contributed by atoms with Crippen LogP contribution in [0, 0.1) is 0 Å². The first-order valence-electron chi connectivity index (χ1n) is 6.39. The van der Waals surface area contributed by atoms with Crippen molar-refractivity contribution in [2.24, 2.45) is 4.99 Å². The molecule has 0 spiro atoms. The second-order valence-corrected chi connectivity index (χ2v) is 4.77. The summed E-state index contributed by atoms with van der Waals surface area (Å²) in [6, 6.07) is 9.15. The van der Waals surface area contributed by atoms with Crippen molar-refractivity contribution in [1.82, 2.24) is 0 Å². The lowest BCUT2D eigenvalue weighted by molar-refractivity contribution is 0.725. The van der Waals surface area contributed by atoms with Gasteiger partial charge in [-0.1, -0.05) is 36.4 Å². The van der Waals surface area contributed by atoms with Crippen LogP contribution in [-0.2, 0) is 12.8 Å². The molecule has 0 N–H and O–H groups in total. The lowest BCUT2D eigenvalue weighted by atomic mass is 10.1. The molecule has 1 aromatic rings. The van der Waals surface area contributed by atoms with Gasteiger partial charge in [-0.2, -0.15) is 0 Å². The number of hydrogen-bond acceptors (Lipinski definition) is 1. The molecular formula is C16H17N. The molecule has 0 saturated carbocycles. The third kappa shape index (κ3) is 2.38. The van der Waals surface area contributed by atoms with Crippen molar-refractivity contribution in [3.63, 3.8) is 0 Å². The lowest BCUT2D eigenvalue weighted by Crippen LogP contribution is -2.06. The number of rotatable bonds is 1. The smallest absolute Gasteiger partial charge is 0.0587 e. The van der Waals surface area contributed by atoms with Crippen LogP contribution in [0.3, 0.4) is 0 Å². The minimum atomic E-state index is 0.440. The van der Waals surface area contributed by atoms with Gasteiger partial charge in [-0.05, 0) is 49.0 Å². The number of nitrogens with zero attached hydrogens (tertiary/aromatic N) is 1. The van der Waals surface area contributed by atoms with Gasteiger partial charge in [0.1, 0.15) is 0 Å². The Bertz CT molecular complexity index is 453. The van der Waals surface area contributed by atoms with Crippen LogP contribution >= 0.6 is 0 Å². The molecule has 0 aliphatic heterocycles. The fourth-order valence-electron chi connectivity index (χ4n) is 2.58. The second kappa shape index (κ2) is 4.70. The Kier molecular flexibility index (Phi) is 2.91. The average molecular weight is 223 g/mol. The van der Waals surface area contributed by atoms with Gasteiger partial charge in [0, 0.05) is 0 Å². The summed E-state index contributed by atoms with van der Waals surface area (Å²) >= 11 is 0. The van der Waals surface area contributed by atoms with Gasteiger partial charge in [0.2, 0.25) is 0 Å². The molecule has 3 rings (SSSR count). The Morgan fingerprint density at radius 1 is 0.882 bits per heavy atom. The molecule has 0 saturated heterocycles. The third-order valence-corrected chi connectivity index (χ3v) is 3.44. The van der Waals surface area contributed by atoms with Crippen molar-refractivity contribution >= 4 is 5.71 Å². The van der Waals surface area contributed by atoms with Crippen LogP contribution in [0.15, 0.2) is 53.6 Å². The summed E-state index contributed by atoms with van der Waals surface area (Å²) in [5.74, 6) is 0. The molecule has 17 heavy (non-hydrogen) atoms. The molecule has 2 aliphatic rings. The normalized spacial score (nSPS) is 19.2. The van der Waals surface area contributed by atoms with E-state index < -0.39 is 0 Å². The van der Waals surface area contributed by atoms with Gasteiger partial charge in [-0.25, -0.2) is 0 Å². The zero-order chi connectivity index (χ0) is 11.5. The van der Waals surface area contributed by atoms with Gasteiger partial charge in [0.05, 0.1) is 11.8 Å². The van der Waals surface area contributed by atoms with E-state index in [2.05, 4.69) is 48.6 Å². The number of hydrogen-bond donors (Lipinski definition) is 0. The Balaban J connectivity index is 1.78. The van der Waals surface area contributed by atoms with Crippen molar-refractivity contribution in [1.29, 1.82) is 0 Å². The van der Waals surface area contributed by atoms with E-state index in [-0.39, 0.29) is 0 Å². The van der Waals surface area contributed by atoms with Crippen LogP contribution in [0.2, 0.25) is 0 Å². The highest BCUT2D eigenvalue weighted by Gasteiger charge is 2.19. The Labute approximate surface area is 103 Å². The first-order valence-corrected chi connectivity index (χ1v) is 6.39. The Morgan fingerprint density at radius 3 is 2.06 bits per heavy atom. The largest absolute Gasteiger partial charge is 0.281 e. The zero-order valence-corrected chi connectivity index (χ0v) is 9.97. The molecule has 0 amide bonds. The van der Waals surface area contributed by atoms with Gasteiger partial charge in [-0.15, -0.1) is 0 Å². The summed E-state index contributed by atoms with van der Waals surface area (Å²) in [5, 5.41) is 0. The molecule has 2 aliphatic carbocycles. The van der Waals surface area contributed by atoms with Crippen molar-refractivity contribution < 1.29 is 0 Å². The Hall–Kier alpha value is -1.63. The first-order chi connectivity index (χ1) is 8.42. The van der Waals surface area contributed by atoms with Gasteiger partial charge in [0.15, 0.2) is 0 Å². The number of allylic oxidation sites excluding steroid dienone is 4. The standard InChI is InChI=1S/C16H17N/c1-2-4-10-15(9-3-1)17-16-11-13-7-5-6-8-14(13)12-16/h3-10,16H,1-2,11-12H2. The molecule has 86 valence electrons. The molecule has 1 heteroatoms. The van der Waals surface area contributed by atoms with Crippen LogP contribution in [-0.4, -0.2) is 11.8 Å². The zero-order valence-electron chi connectivity index (χ0n) is 9.97. The summed E-state index contributed by atoms with van der Waals surface area (Å²) in [5.41, 5.74) is 4.09. The molecule has 1 nitrogen and oxygen atoms in total. The van der Waals surface area contributed by atoms with Crippen molar-refractivity contribution in [2.75, 3.05) is 0 Å². The predicted octanol–water partition coefficient (Wildman–Crippen LogP) is 3.50. The fourth-order valence-corrected chi connectivity index (χ4v) is 2.58. The minimum absolute atomic E-state index is 0.440. The van der Waals surface area contributed by atoms with Crippen LogP contribution in [0.5, 0.6) is 0 Å². The molecule has 0 aromatic heterocycles. The quantitative estimate of drug-likeness (QED) is 0.691. The van der Waals surface area contributed by atoms with Crippen LogP contribution in [0.25, 0.3) is 0 Å². The summed E-state index contributed by atoms with van der Waals surface area (Å²) < 4.78 is 0. The van der Waals surface area contributed by atoms with Crippen molar-refractivity contribution in [3.05, 3.63) is 59.7 Å². The van der Waals surface area contributed by atoms with Gasteiger partial charge >= 0.3 is 0 Å². The fraction of sp³-hybridized carbons (Fsp3) is 0.312. The minimum Gasteiger partial charge on any atom is -0.281 e. The van der Waals surface area contributed by atoms with E-state index in [1.165, 1.54) is 11.1 Å². The monoisotopic (exact) mass is 223 g/mol. The van der Waals surface area contributed by atoms with Crippen LogP contribution in [0.4, 0.5) is 0 Å². The average Bonchev–Trinajstić information content (AvgIpc) is 2.57. The number of benzene rings is 1. The molecule has 0 bridgehead atoms. The first kappa shape index (κ1) is 10.5. The van der Waals surface area contributed by atoms with E-state index in [0.29, 0.717) is 6.04 Å². The predicted molar refractivity (Wildman–Crippen MR) is 72.6 cm³/mol. The van der Waals surface area contributed by atoms with Crippen molar-refractivity contribution in [2.45, 2.75) is 31.7 Å². The molecule has 0 unspecified atom stereocenters. The molecular weight excluding hydrogens is 206 g/mol. The van der Waals surface area contributed by atoms with Crippen LogP contribution in [0.1, 0.15) is 24.0 Å². The highest BCUT2D eigenvalue weighted by atomic mass is 14.8. The highest BCUT2D eigenvalue weighted by molar-refractivity contribution is 6.04. The molecule has 0 fully saturated rings. The van der Waals surface area contributed by atoms with Gasteiger partial charge < -0.3 is 0 Å². The lowest BCUT2D eigenvalue weighted by Gasteiger charge is -2.03. The van der Waals surface area contributed by atoms with E-state index in [4.69, 9.17) is 4.99 Å². The summed E-state index contributed by atoms with van der Waals surface area (Å²) in [4.78, 5) is 4.85. The van der Waals surface area contributed by atoms with Gasteiger partial charge in [0.25, 0.3) is 0 Å². The van der Waals surface area contributed by atoms with E-state index >= 15 is 0 Å². The van der Waals surface area contributed by atoms with Gasteiger partial charge in [-0.3, -0.25) is 4.99 Å². The molecule has 0 radical (unpaired) electrons. The Morgan fingerprint density at radius 2 is 1.47 bits per heavy atom. The summed E-state index contributed by atoms with van der Waals surface area (Å²) in [7, 11) is 0. The number of fused-ring (bicyclic) bond motifs is 1. The third-order valence-electron chi connectivity index (χ3n) is 3.44. The van der Waals surface area contributed by atoms with E-state index in [9.17, 15) is 0 Å². The highest BCUT2D eigenvalue weighted by Crippen LogP contribution is 2.24. The second-order valence-electron chi connectivity index (χ2n) is 4.77. The van der Waals surface area contributed by atoms with E-state index in [1.807, 2.05) is 0 Å². The van der Waals surface area contributed by atoms with E-state index in [0.717, 1.165) is 31.4 Å². The maximum Gasteiger partial charge on any atom is 0.0587 e. The number of aliphatic imine (C=N–C) groups is 1. The molecule has 0 atom stereocenters. The maximum absolute atomic E-state index is 4.85. The molecule has 1 aromatic carbocycles. The van der Waals surface area contributed by atoms with E-state index in [1.54, 1.807) is 0 Å². The van der Waals surface area contributed by atoms with Crippen LogP contribution < -0.4 is 0 Å². The summed E-state index contributed by atoms with van der Waals surface area (Å²) in [6.07, 6.45) is 13.2. The van der Waals surface area contributed by atoms with Crippen molar-refractivity contribution in [3.8, 4) is 0 Å². The molecule has 0 heterocycles. The summed E-state index contributed by atoms with van der Waals surface area (Å²) in [6.45, 7) is 0. The SMILES string of the molecule is C1=CC(=NC2Cc3ccccc3C2)C=CCC1. The topological polar surface area (TPSA) is 12.4 Å². The maximum atomic E-state index is 4.85.